The number of benzene rings is 2. The molecule has 3 rings (SSSR count). The first-order valence-electron chi connectivity index (χ1n) is 9.85. The lowest BCUT2D eigenvalue weighted by molar-refractivity contribution is -0.00155. The summed E-state index contributed by atoms with van der Waals surface area (Å²) in [6, 6.07) is 14.4. The summed E-state index contributed by atoms with van der Waals surface area (Å²) in [6.07, 6.45) is -0.693. The van der Waals surface area contributed by atoms with Gasteiger partial charge in [-0.2, -0.15) is 0 Å². The molecule has 1 heterocycles. The molecule has 0 aromatic heterocycles. The third-order valence-electron chi connectivity index (χ3n) is 4.85. The second-order valence-corrected chi connectivity index (χ2v) is 8.35. The first-order chi connectivity index (χ1) is 13.7. The van der Waals surface area contributed by atoms with E-state index in [4.69, 9.17) is 9.47 Å². The van der Waals surface area contributed by atoms with Gasteiger partial charge in [0.1, 0.15) is 12.2 Å². The summed E-state index contributed by atoms with van der Waals surface area (Å²) >= 11 is 0. The Hall–Kier alpha value is -2.60. The molecule has 1 aliphatic rings. The average Bonchev–Trinajstić information content (AvgIpc) is 2.66. The second-order valence-electron chi connectivity index (χ2n) is 8.35. The Balaban J connectivity index is 1.61. The van der Waals surface area contributed by atoms with Crippen LogP contribution in [-0.2, 0) is 11.3 Å². The fourth-order valence-corrected chi connectivity index (χ4v) is 3.41. The van der Waals surface area contributed by atoms with E-state index in [1.807, 2.05) is 30.3 Å². The SMILES string of the molecule is CC(C)(C)OC(=O)N1CCC(c2ccc(OCc3ccccc3)c(F)c2)C(O)C1. The summed E-state index contributed by atoms with van der Waals surface area (Å²) in [5.41, 5.74) is 1.07. The lowest BCUT2D eigenvalue weighted by Crippen LogP contribution is -2.47. The first kappa shape index (κ1) is 21.1. The predicted molar refractivity (Wildman–Crippen MR) is 108 cm³/mol. The molecule has 0 radical (unpaired) electrons. The Morgan fingerprint density at radius 1 is 1.21 bits per heavy atom. The number of nitrogens with zero attached hydrogens (tertiary/aromatic N) is 1. The van der Waals surface area contributed by atoms with Gasteiger partial charge in [-0.25, -0.2) is 9.18 Å². The second kappa shape index (κ2) is 8.82. The molecular formula is C23H28FNO4. The van der Waals surface area contributed by atoms with Crippen molar-refractivity contribution < 1.29 is 23.8 Å². The molecule has 2 atom stereocenters. The quantitative estimate of drug-likeness (QED) is 0.820. The smallest absolute Gasteiger partial charge is 0.410 e. The fourth-order valence-electron chi connectivity index (χ4n) is 3.41. The molecule has 0 aliphatic carbocycles. The van der Waals surface area contributed by atoms with E-state index in [2.05, 4.69) is 0 Å². The van der Waals surface area contributed by atoms with E-state index in [-0.39, 0.29) is 24.8 Å². The molecule has 5 nitrogen and oxygen atoms in total. The van der Waals surface area contributed by atoms with Gasteiger partial charge in [-0.1, -0.05) is 36.4 Å². The minimum atomic E-state index is -0.785. The fraction of sp³-hybridized carbons (Fsp3) is 0.435. The maximum absolute atomic E-state index is 14.5. The standard InChI is InChI=1S/C23H28FNO4/c1-23(2,3)29-22(27)25-12-11-18(20(26)14-25)17-9-10-21(19(24)13-17)28-15-16-7-5-4-6-8-16/h4-10,13,18,20,26H,11-12,14-15H2,1-3H3. The Morgan fingerprint density at radius 2 is 1.93 bits per heavy atom. The van der Waals surface area contributed by atoms with Gasteiger partial charge in [0.2, 0.25) is 0 Å². The number of hydrogen-bond donors (Lipinski definition) is 1. The van der Waals surface area contributed by atoms with Gasteiger partial charge in [0.05, 0.1) is 12.6 Å². The topological polar surface area (TPSA) is 59.0 Å². The number of hydrogen-bond acceptors (Lipinski definition) is 4. The van der Waals surface area contributed by atoms with Gasteiger partial charge in [0.25, 0.3) is 0 Å². The third-order valence-corrected chi connectivity index (χ3v) is 4.85. The van der Waals surface area contributed by atoms with Crippen LogP contribution >= 0.6 is 0 Å². The molecule has 1 saturated heterocycles. The van der Waals surface area contributed by atoms with Crippen molar-refractivity contribution in [3.8, 4) is 5.75 Å². The number of β-amino-alcohol motifs (C(OH)–C–C–N with tert-alkyl or cyclic N) is 1. The van der Waals surface area contributed by atoms with Gasteiger partial charge >= 0.3 is 6.09 Å². The maximum Gasteiger partial charge on any atom is 0.410 e. The molecule has 1 N–H and O–H groups in total. The molecule has 1 amide bonds. The van der Waals surface area contributed by atoms with Crippen LogP contribution in [0, 0.1) is 5.82 Å². The lowest BCUT2D eigenvalue weighted by atomic mass is 9.87. The van der Waals surface area contributed by atoms with Gasteiger partial charge < -0.3 is 19.5 Å². The van der Waals surface area contributed by atoms with E-state index in [9.17, 15) is 14.3 Å². The largest absolute Gasteiger partial charge is 0.486 e. The number of aliphatic hydroxyl groups is 1. The number of carbonyl (C=O) groups excluding carboxylic acids is 1. The lowest BCUT2D eigenvalue weighted by Gasteiger charge is -2.37. The summed E-state index contributed by atoms with van der Waals surface area (Å²) in [7, 11) is 0. The van der Waals surface area contributed by atoms with Gasteiger partial charge in [-0.05, 0) is 50.5 Å². The van der Waals surface area contributed by atoms with Crippen molar-refractivity contribution in [2.45, 2.75) is 51.4 Å². The van der Waals surface area contributed by atoms with Crippen LogP contribution in [-0.4, -0.2) is 40.9 Å². The van der Waals surface area contributed by atoms with Crippen molar-refractivity contribution in [1.29, 1.82) is 0 Å². The van der Waals surface area contributed by atoms with E-state index in [1.165, 1.54) is 11.0 Å². The zero-order valence-corrected chi connectivity index (χ0v) is 17.1. The molecular weight excluding hydrogens is 373 g/mol. The van der Waals surface area contributed by atoms with Crippen LogP contribution in [0.4, 0.5) is 9.18 Å². The monoisotopic (exact) mass is 401 g/mol. The number of ether oxygens (including phenoxy) is 2. The summed E-state index contributed by atoms with van der Waals surface area (Å²) < 4.78 is 25.5. The minimum absolute atomic E-state index is 0.160. The molecule has 1 aliphatic heterocycles. The molecule has 156 valence electrons. The number of piperidine rings is 1. The minimum Gasteiger partial charge on any atom is -0.486 e. The van der Waals surface area contributed by atoms with E-state index < -0.39 is 23.6 Å². The van der Waals surface area contributed by atoms with Crippen molar-refractivity contribution in [2.24, 2.45) is 0 Å². The highest BCUT2D eigenvalue weighted by atomic mass is 19.1. The number of rotatable bonds is 4. The third kappa shape index (κ3) is 5.70. The molecule has 0 spiro atoms. The zero-order valence-electron chi connectivity index (χ0n) is 17.1. The molecule has 2 aromatic rings. The van der Waals surface area contributed by atoms with Gasteiger partial charge in [0.15, 0.2) is 11.6 Å². The maximum atomic E-state index is 14.5. The van der Waals surface area contributed by atoms with E-state index in [0.29, 0.717) is 18.5 Å². The summed E-state index contributed by atoms with van der Waals surface area (Å²) in [5, 5.41) is 10.5. The molecule has 2 unspecified atom stereocenters. The van der Waals surface area contributed by atoms with Crippen molar-refractivity contribution in [3.05, 3.63) is 65.5 Å². The van der Waals surface area contributed by atoms with Crippen LogP contribution in [0.1, 0.15) is 44.2 Å². The number of aliphatic hydroxyl groups excluding tert-OH is 1. The molecule has 1 fully saturated rings. The zero-order chi connectivity index (χ0) is 21.0. The predicted octanol–water partition coefficient (Wildman–Crippen LogP) is 4.49. The highest BCUT2D eigenvalue weighted by molar-refractivity contribution is 5.68. The highest BCUT2D eigenvalue weighted by Crippen LogP contribution is 2.32. The normalized spacial score (nSPS) is 19.7. The Kier molecular flexibility index (Phi) is 6.42. The number of likely N-dealkylation sites (tertiary alicyclic amines) is 1. The van der Waals surface area contributed by atoms with Crippen LogP contribution in [0.2, 0.25) is 0 Å². The van der Waals surface area contributed by atoms with Gasteiger partial charge in [-0.15, -0.1) is 0 Å². The van der Waals surface area contributed by atoms with E-state index >= 15 is 0 Å². The Morgan fingerprint density at radius 3 is 2.55 bits per heavy atom. The molecule has 6 heteroatoms. The molecule has 0 saturated carbocycles. The van der Waals surface area contributed by atoms with Crippen molar-refractivity contribution in [3.63, 3.8) is 0 Å². The van der Waals surface area contributed by atoms with Crippen molar-refractivity contribution in [1.82, 2.24) is 4.90 Å². The van der Waals surface area contributed by atoms with Crippen LogP contribution in [0.15, 0.2) is 48.5 Å². The van der Waals surface area contributed by atoms with Gasteiger partial charge in [0, 0.05) is 12.5 Å². The van der Waals surface area contributed by atoms with Crippen LogP contribution in [0.3, 0.4) is 0 Å². The first-order valence-corrected chi connectivity index (χ1v) is 9.85. The summed E-state index contributed by atoms with van der Waals surface area (Å²) in [4.78, 5) is 13.7. The van der Waals surface area contributed by atoms with Crippen molar-refractivity contribution >= 4 is 6.09 Å². The van der Waals surface area contributed by atoms with Crippen LogP contribution in [0.5, 0.6) is 5.75 Å². The summed E-state index contributed by atoms with van der Waals surface area (Å²) in [5.74, 6) is -0.523. The van der Waals surface area contributed by atoms with E-state index in [0.717, 1.165) is 5.56 Å². The highest BCUT2D eigenvalue weighted by Gasteiger charge is 2.33. The van der Waals surface area contributed by atoms with Crippen LogP contribution < -0.4 is 4.74 Å². The molecule has 29 heavy (non-hydrogen) atoms. The molecule has 2 aromatic carbocycles. The molecule has 0 bridgehead atoms. The van der Waals surface area contributed by atoms with Crippen molar-refractivity contribution in [2.75, 3.05) is 13.1 Å². The van der Waals surface area contributed by atoms with E-state index in [1.54, 1.807) is 32.9 Å². The number of halogens is 1. The summed E-state index contributed by atoms with van der Waals surface area (Å²) in [6.45, 7) is 6.31. The van der Waals surface area contributed by atoms with Crippen LogP contribution in [0.25, 0.3) is 0 Å². The Bertz CT molecular complexity index is 835. The Labute approximate surface area is 171 Å². The number of carbonyl (C=O) groups is 1. The van der Waals surface area contributed by atoms with Gasteiger partial charge in [-0.3, -0.25) is 0 Å². The average molecular weight is 401 g/mol. The number of amides is 1.